The molecule has 4 heteroatoms. The van der Waals surface area contributed by atoms with Crippen molar-refractivity contribution in [1.82, 2.24) is 5.32 Å². The molecule has 4 rings (SSSR count). The number of nitrogens with one attached hydrogen (secondary N) is 1. The lowest BCUT2D eigenvalue weighted by Crippen LogP contribution is -2.47. The quantitative estimate of drug-likeness (QED) is 0.0388. The number of hydrogen-bond donors (Lipinski definition) is 1. The molecule has 4 nitrogen and oxygen atoms in total. The maximum atomic E-state index is 14.4. The van der Waals surface area contributed by atoms with Gasteiger partial charge in [0.1, 0.15) is 6.04 Å². The predicted octanol–water partition coefficient (Wildman–Crippen LogP) is 16.9. The molecular formula is C65H92N2O2. The first-order valence-electron chi connectivity index (χ1n) is 26.0. The van der Waals surface area contributed by atoms with Crippen LogP contribution in [0, 0.1) is 45.3 Å². The van der Waals surface area contributed by atoms with Crippen molar-refractivity contribution >= 4 is 28.1 Å². The Morgan fingerprint density at radius 2 is 1.07 bits per heavy atom. The molecule has 69 heavy (non-hydrogen) atoms. The topological polar surface area (TPSA) is 58.5 Å². The van der Waals surface area contributed by atoms with Crippen LogP contribution < -0.4 is 5.32 Å². The Labute approximate surface area is 421 Å². The van der Waals surface area contributed by atoms with Crippen molar-refractivity contribution in [2.75, 3.05) is 0 Å². The van der Waals surface area contributed by atoms with Gasteiger partial charge in [-0.15, -0.1) is 0 Å². The van der Waals surface area contributed by atoms with E-state index in [9.17, 15) is 9.59 Å². The zero-order valence-electron chi connectivity index (χ0n) is 46.1. The molecule has 0 radical (unpaired) electrons. The molecule has 0 heterocycles. The fourth-order valence-electron chi connectivity index (χ4n) is 9.48. The molecule has 0 saturated heterocycles. The first kappa shape index (κ1) is 56.9. The fourth-order valence-corrected chi connectivity index (χ4v) is 9.48. The van der Waals surface area contributed by atoms with Crippen LogP contribution in [0.4, 0.5) is 0 Å². The minimum absolute atomic E-state index is 0.0330. The van der Waals surface area contributed by atoms with E-state index in [0.29, 0.717) is 35.8 Å². The van der Waals surface area contributed by atoms with Crippen molar-refractivity contribution in [2.24, 2.45) is 50.3 Å². The summed E-state index contributed by atoms with van der Waals surface area (Å²) >= 11 is 0. The van der Waals surface area contributed by atoms with Gasteiger partial charge in [0.2, 0.25) is 0 Å². The van der Waals surface area contributed by atoms with E-state index in [-0.39, 0.29) is 57.1 Å². The number of rotatable bonds is 26. The zero-order chi connectivity index (χ0) is 51.6. The zero-order valence-corrected chi connectivity index (χ0v) is 46.1. The van der Waals surface area contributed by atoms with Crippen molar-refractivity contribution in [1.29, 1.82) is 0 Å². The second-order valence-corrected chi connectivity index (χ2v) is 24.6. The van der Waals surface area contributed by atoms with Crippen LogP contribution in [-0.2, 0) is 17.6 Å². The molecule has 0 bridgehead atoms. The van der Waals surface area contributed by atoms with Crippen LogP contribution in [0.25, 0.3) is 10.8 Å². The molecular weight excluding hydrogens is 841 g/mol. The first-order valence-corrected chi connectivity index (χ1v) is 26.0. The monoisotopic (exact) mass is 933 g/mol. The van der Waals surface area contributed by atoms with Gasteiger partial charge in [-0.1, -0.05) is 224 Å². The number of hydrogen-bond acceptors (Lipinski definition) is 4. The normalized spacial score (nSPS) is 16.0. The largest absolute Gasteiger partial charge is 0.307 e. The second-order valence-electron chi connectivity index (χ2n) is 24.6. The van der Waals surface area contributed by atoms with Crippen LogP contribution in [0.5, 0.6) is 0 Å². The van der Waals surface area contributed by atoms with Gasteiger partial charge in [0.25, 0.3) is 0 Å². The average Bonchev–Trinajstić information content (AvgIpc) is 3.27. The number of Topliss-reactive ketones (excluding diaryl/α,β-unsaturated/α-hetero) is 1. The standard InChI is InChI=1S/C65H92N2O2/c1-43(2)44(3)35-48(7)63(14,15)41-47(6)58(38-52-29-33-56(34-30-52)61(69)55-26-21-20-22-27-55)67-51(10)65(18,19)40-46(5)45(4)36-49(8)64(16,17)42-60(68)59(66-50(9)62(11,12)13)39-53-31-32-54-25-23-24-28-57(54)37-53/h20-34,37,44-45,48-49,51,58-59,67H,1,5-6,35-36,38-42H2,2-4,7-19H3. The summed E-state index contributed by atoms with van der Waals surface area (Å²) in [5, 5.41) is 6.50. The lowest BCUT2D eigenvalue weighted by Gasteiger charge is -2.40. The van der Waals surface area contributed by atoms with E-state index >= 15 is 0 Å². The van der Waals surface area contributed by atoms with Crippen LogP contribution in [0.2, 0.25) is 0 Å². The number of ketones is 2. The Bertz CT molecular complexity index is 2410. The molecule has 0 saturated carbocycles. The first-order chi connectivity index (χ1) is 32.0. The summed E-state index contributed by atoms with van der Waals surface area (Å²) in [5.74, 6) is 1.76. The lowest BCUT2D eigenvalue weighted by molar-refractivity contribution is -0.122. The number of nitrogens with zero attached hydrogens (tertiary/aromatic N) is 1. The molecule has 0 fully saturated rings. The van der Waals surface area contributed by atoms with Gasteiger partial charge in [0.05, 0.1) is 0 Å². The Hall–Kier alpha value is -4.67. The smallest absolute Gasteiger partial charge is 0.193 e. The van der Waals surface area contributed by atoms with Crippen LogP contribution in [0.3, 0.4) is 0 Å². The summed E-state index contributed by atoms with van der Waals surface area (Å²) < 4.78 is 0. The third kappa shape index (κ3) is 16.5. The second kappa shape index (κ2) is 24.0. The van der Waals surface area contributed by atoms with Crippen LogP contribution in [0.15, 0.2) is 139 Å². The maximum Gasteiger partial charge on any atom is 0.193 e. The van der Waals surface area contributed by atoms with Crippen molar-refractivity contribution in [2.45, 2.75) is 174 Å². The summed E-state index contributed by atoms with van der Waals surface area (Å²) in [7, 11) is 0. The van der Waals surface area contributed by atoms with Gasteiger partial charge in [-0.3, -0.25) is 14.6 Å². The summed E-state index contributed by atoms with van der Waals surface area (Å²) in [6, 6.07) is 32.4. The van der Waals surface area contributed by atoms with Crippen LogP contribution in [-0.4, -0.2) is 35.4 Å². The van der Waals surface area contributed by atoms with Crippen molar-refractivity contribution in [3.63, 3.8) is 0 Å². The molecule has 0 amide bonds. The van der Waals surface area contributed by atoms with Gasteiger partial charge in [-0.05, 0) is 120 Å². The number of carbonyl (C=O) groups excluding carboxylic acids is 2. The molecule has 7 unspecified atom stereocenters. The highest BCUT2D eigenvalue weighted by Crippen LogP contribution is 2.42. The Morgan fingerprint density at radius 1 is 0.565 bits per heavy atom. The van der Waals surface area contributed by atoms with Gasteiger partial charge in [-0.2, -0.15) is 0 Å². The molecule has 0 aliphatic carbocycles. The van der Waals surface area contributed by atoms with E-state index in [1.165, 1.54) is 33.1 Å². The van der Waals surface area contributed by atoms with E-state index in [1.807, 2.05) is 42.5 Å². The van der Waals surface area contributed by atoms with Gasteiger partial charge < -0.3 is 5.32 Å². The molecule has 0 aromatic heterocycles. The highest BCUT2D eigenvalue weighted by molar-refractivity contribution is 6.09. The minimum Gasteiger partial charge on any atom is -0.307 e. The average molecular weight is 933 g/mol. The van der Waals surface area contributed by atoms with E-state index in [1.54, 1.807) is 0 Å². The molecule has 4 aromatic rings. The summed E-state index contributed by atoms with van der Waals surface area (Å²) in [4.78, 5) is 32.9. The summed E-state index contributed by atoms with van der Waals surface area (Å²) in [6.07, 6.45) is 5.67. The van der Waals surface area contributed by atoms with Gasteiger partial charge in [-0.25, -0.2) is 0 Å². The molecule has 0 spiro atoms. The third-order valence-corrected chi connectivity index (χ3v) is 16.5. The van der Waals surface area contributed by atoms with E-state index in [2.05, 4.69) is 177 Å². The third-order valence-electron chi connectivity index (χ3n) is 16.5. The number of carbonyl (C=O) groups is 2. The van der Waals surface area contributed by atoms with Crippen LogP contribution >= 0.6 is 0 Å². The van der Waals surface area contributed by atoms with Crippen molar-refractivity contribution in [3.05, 3.63) is 156 Å². The molecule has 0 aliphatic rings. The number of allylic oxidation sites excluding steroid dienone is 2. The molecule has 374 valence electrons. The van der Waals surface area contributed by atoms with Crippen molar-refractivity contribution < 1.29 is 9.59 Å². The molecule has 4 aromatic carbocycles. The van der Waals surface area contributed by atoms with Gasteiger partial charge in [0, 0.05) is 41.8 Å². The fraction of sp³-hybridized carbons (Fsp3) is 0.523. The number of fused-ring (bicyclic) bond motifs is 1. The van der Waals surface area contributed by atoms with Crippen LogP contribution in [0.1, 0.15) is 170 Å². The summed E-state index contributed by atoms with van der Waals surface area (Å²) in [6.45, 7) is 50.2. The Kier molecular flexibility index (Phi) is 19.8. The lowest BCUT2D eigenvalue weighted by atomic mass is 9.69. The predicted molar refractivity (Wildman–Crippen MR) is 300 cm³/mol. The molecule has 1 N–H and O–H groups in total. The minimum atomic E-state index is -0.429. The van der Waals surface area contributed by atoms with Crippen molar-refractivity contribution in [3.8, 4) is 0 Å². The summed E-state index contributed by atoms with van der Waals surface area (Å²) in [5.41, 5.74) is 8.00. The highest BCUT2D eigenvalue weighted by atomic mass is 16.1. The number of aliphatic imine (C=N–C) groups is 1. The van der Waals surface area contributed by atoms with Gasteiger partial charge in [0.15, 0.2) is 11.6 Å². The number of benzene rings is 4. The SMILES string of the molecule is C=C(C)C(C)CC(C)C(C)(C)CC(=C)C(Cc1ccc(C(=O)c2ccccc2)cc1)NC(C)C(C)(C)CC(=C)C(C)CC(C)C(C)(C)CC(=O)C(Cc1ccc2ccccc2c1)N=C(C)C(C)(C)C. The van der Waals surface area contributed by atoms with E-state index < -0.39 is 6.04 Å². The van der Waals surface area contributed by atoms with E-state index in [0.717, 1.165) is 43.4 Å². The van der Waals surface area contributed by atoms with E-state index in [4.69, 9.17) is 18.2 Å². The maximum absolute atomic E-state index is 14.4. The Balaban J connectivity index is 1.47. The van der Waals surface area contributed by atoms with Gasteiger partial charge >= 0.3 is 0 Å². The molecule has 0 aliphatic heterocycles. The Morgan fingerprint density at radius 3 is 1.65 bits per heavy atom. The molecule has 7 atom stereocenters. The highest BCUT2D eigenvalue weighted by Gasteiger charge is 2.36.